The average molecular weight is 412 g/mol. The minimum Gasteiger partial charge on any atom is -0.494 e. The van der Waals surface area contributed by atoms with Crippen molar-refractivity contribution in [1.82, 2.24) is 0 Å². The molecule has 2 aromatic rings. The summed E-state index contributed by atoms with van der Waals surface area (Å²) in [5, 5.41) is 3.86. The molecule has 0 atom stereocenters. The number of anilines is 1. The Morgan fingerprint density at radius 3 is 2.41 bits per heavy atom. The molecule has 0 radical (unpaired) electrons. The molecule has 0 bridgehead atoms. The van der Waals surface area contributed by atoms with Gasteiger partial charge in [0.15, 0.2) is 0 Å². The van der Waals surface area contributed by atoms with E-state index >= 15 is 0 Å². The van der Waals surface area contributed by atoms with Gasteiger partial charge in [0.05, 0.1) is 30.5 Å². The number of amides is 1. The Morgan fingerprint density at radius 2 is 1.70 bits per heavy atom. The smallest absolute Gasteiger partial charge is 0.224 e. The number of hydrogen-bond acceptors (Lipinski definition) is 4. The Labute approximate surface area is 169 Å². The normalized spacial score (nSPS) is 10.4. The van der Waals surface area contributed by atoms with Gasteiger partial charge in [-0.3, -0.25) is 4.79 Å². The Kier molecular flexibility index (Phi) is 8.55. The van der Waals surface area contributed by atoms with Crippen molar-refractivity contribution >= 4 is 34.8 Å². The maximum atomic E-state index is 12.3. The van der Waals surface area contributed by atoms with Crippen LogP contribution in [0.4, 0.5) is 5.69 Å². The van der Waals surface area contributed by atoms with Crippen LogP contribution in [0, 0.1) is 0 Å². The third-order valence-electron chi connectivity index (χ3n) is 3.54. The van der Waals surface area contributed by atoms with Crippen molar-refractivity contribution in [3.8, 4) is 17.2 Å². The van der Waals surface area contributed by atoms with E-state index in [-0.39, 0.29) is 5.91 Å². The van der Waals surface area contributed by atoms with E-state index in [9.17, 15) is 4.79 Å². The molecule has 0 aliphatic rings. The molecule has 146 valence electrons. The van der Waals surface area contributed by atoms with Crippen molar-refractivity contribution in [3.63, 3.8) is 0 Å². The van der Waals surface area contributed by atoms with Gasteiger partial charge in [0, 0.05) is 17.5 Å². The van der Waals surface area contributed by atoms with Crippen LogP contribution in [0.25, 0.3) is 0 Å². The topological polar surface area (TPSA) is 56.8 Å². The fraction of sp³-hybridized carbons (Fsp3) is 0.350. The number of hydrogen-bond donors (Lipinski definition) is 1. The lowest BCUT2D eigenvalue weighted by molar-refractivity contribution is -0.116. The Balaban J connectivity index is 1.86. The zero-order valence-corrected chi connectivity index (χ0v) is 16.9. The number of carbonyl (C=O) groups excluding carboxylic acids is 1. The standard InChI is InChI=1S/C20H23Cl2NO4/c1-3-25-15-8-10-19(26-4-2)17(13-15)23-20(24)6-5-11-27-18-9-7-14(21)12-16(18)22/h7-10,12-13H,3-6,11H2,1-2H3,(H,23,24). The molecule has 0 fully saturated rings. The van der Waals surface area contributed by atoms with Crippen molar-refractivity contribution in [2.24, 2.45) is 0 Å². The average Bonchev–Trinajstić information content (AvgIpc) is 2.63. The minimum atomic E-state index is -0.129. The summed E-state index contributed by atoms with van der Waals surface area (Å²) in [6.45, 7) is 5.22. The lowest BCUT2D eigenvalue weighted by atomic mass is 10.2. The van der Waals surface area contributed by atoms with Gasteiger partial charge in [-0.05, 0) is 50.6 Å². The first kappa shape index (κ1) is 21.2. The first-order valence-electron chi connectivity index (χ1n) is 8.80. The second kappa shape index (κ2) is 10.9. The minimum absolute atomic E-state index is 0.129. The van der Waals surface area contributed by atoms with E-state index in [1.54, 1.807) is 30.3 Å². The number of halogens is 2. The molecule has 2 aromatic carbocycles. The van der Waals surface area contributed by atoms with Crippen molar-refractivity contribution in [2.45, 2.75) is 26.7 Å². The maximum absolute atomic E-state index is 12.3. The highest BCUT2D eigenvalue weighted by Crippen LogP contribution is 2.30. The van der Waals surface area contributed by atoms with Gasteiger partial charge in [-0.2, -0.15) is 0 Å². The molecule has 5 nitrogen and oxygen atoms in total. The van der Waals surface area contributed by atoms with Gasteiger partial charge < -0.3 is 19.5 Å². The van der Waals surface area contributed by atoms with Crippen LogP contribution in [0.5, 0.6) is 17.2 Å². The monoisotopic (exact) mass is 411 g/mol. The molecular formula is C20H23Cl2NO4. The van der Waals surface area contributed by atoms with E-state index in [0.717, 1.165) is 0 Å². The molecule has 0 aromatic heterocycles. The van der Waals surface area contributed by atoms with Crippen molar-refractivity contribution < 1.29 is 19.0 Å². The van der Waals surface area contributed by atoms with Crippen LogP contribution in [0.3, 0.4) is 0 Å². The van der Waals surface area contributed by atoms with Crippen molar-refractivity contribution in [3.05, 3.63) is 46.4 Å². The fourth-order valence-electron chi connectivity index (χ4n) is 2.36. The molecule has 0 spiro atoms. The Hall–Kier alpha value is -2.11. The molecule has 0 aliphatic carbocycles. The number of benzene rings is 2. The zero-order chi connectivity index (χ0) is 19.6. The summed E-state index contributed by atoms with van der Waals surface area (Å²) in [5.74, 6) is 1.70. The second-order valence-electron chi connectivity index (χ2n) is 5.60. The third-order valence-corrected chi connectivity index (χ3v) is 4.07. The number of rotatable bonds is 10. The number of carbonyl (C=O) groups is 1. The van der Waals surface area contributed by atoms with Crippen LogP contribution in [-0.2, 0) is 4.79 Å². The van der Waals surface area contributed by atoms with Gasteiger partial charge >= 0.3 is 0 Å². The van der Waals surface area contributed by atoms with Gasteiger partial charge in [0.2, 0.25) is 5.91 Å². The highest BCUT2D eigenvalue weighted by atomic mass is 35.5. The van der Waals surface area contributed by atoms with Crippen LogP contribution >= 0.6 is 23.2 Å². The van der Waals surface area contributed by atoms with E-state index in [1.165, 1.54) is 0 Å². The van der Waals surface area contributed by atoms with Crippen molar-refractivity contribution in [1.29, 1.82) is 0 Å². The van der Waals surface area contributed by atoms with Gasteiger partial charge in [0.1, 0.15) is 17.2 Å². The summed E-state index contributed by atoms with van der Waals surface area (Å²) < 4.78 is 16.6. The van der Waals surface area contributed by atoms with Crippen LogP contribution in [0.1, 0.15) is 26.7 Å². The highest BCUT2D eigenvalue weighted by molar-refractivity contribution is 6.35. The molecule has 7 heteroatoms. The Morgan fingerprint density at radius 1 is 0.963 bits per heavy atom. The molecule has 1 N–H and O–H groups in total. The summed E-state index contributed by atoms with van der Waals surface area (Å²) in [7, 11) is 0. The van der Waals surface area contributed by atoms with E-state index in [2.05, 4.69) is 5.32 Å². The summed E-state index contributed by atoms with van der Waals surface area (Å²) in [5.41, 5.74) is 0.592. The Bertz CT molecular complexity index is 768. The van der Waals surface area contributed by atoms with Crippen molar-refractivity contribution in [2.75, 3.05) is 25.1 Å². The van der Waals surface area contributed by atoms with E-state index < -0.39 is 0 Å². The number of ether oxygens (including phenoxy) is 3. The molecule has 27 heavy (non-hydrogen) atoms. The largest absolute Gasteiger partial charge is 0.494 e. The molecule has 0 unspecified atom stereocenters. The SMILES string of the molecule is CCOc1ccc(OCC)c(NC(=O)CCCOc2ccc(Cl)cc2Cl)c1. The first-order chi connectivity index (χ1) is 13.0. The van der Waals surface area contributed by atoms with Gasteiger partial charge in [-0.1, -0.05) is 23.2 Å². The molecule has 0 saturated carbocycles. The fourth-order valence-corrected chi connectivity index (χ4v) is 2.83. The molecule has 0 aliphatic heterocycles. The molecule has 1 amide bonds. The maximum Gasteiger partial charge on any atom is 0.224 e. The van der Waals surface area contributed by atoms with E-state index in [4.69, 9.17) is 37.4 Å². The predicted molar refractivity (Wildman–Crippen MR) is 109 cm³/mol. The lowest BCUT2D eigenvalue weighted by Gasteiger charge is -2.14. The highest BCUT2D eigenvalue weighted by Gasteiger charge is 2.10. The van der Waals surface area contributed by atoms with Crippen LogP contribution in [0.2, 0.25) is 10.0 Å². The summed E-state index contributed by atoms with van der Waals surface area (Å²) in [6, 6.07) is 10.4. The van der Waals surface area contributed by atoms with E-state index in [0.29, 0.717) is 65.6 Å². The van der Waals surface area contributed by atoms with E-state index in [1.807, 2.05) is 19.9 Å². The van der Waals surface area contributed by atoms with Crippen LogP contribution in [0.15, 0.2) is 36.4 Å². The third kappa shape index (κ3) is 6.85. The molecule has 0 saturated heterocycles. The lowest BCUT2D eigenvalue weighted by Crippen LogP contribution is -2.14. The first-order valence-corrected chi connectivity index (χ1v) is 9.56. The zero-order valence-electron chi connectivity index (χ0n) is 15.4. The quantitative estimate of drug-likeness (QED) is 0.517. The van der Waals surface area contributed by atoms with Gasteiger partial charge in [0.25, 0.3) is 0 Å². The number of nitrogens with one attached hydrogen (secondary N) is 1. The summed E-state index contributed by atoms with van der Waals surface area (Å²) in [4.78, 5) is 12.3. The second-order valence-corrected chi connectivity index (χ2v) is 6.44. The van der Waals surface area contributed by atoms with Gasteiger partial charge in [-0.25, -0.2) is 0 Å². The van der Waals surface area contributed by atoms with Crippen LogP contribution in [-0.4, -0.2) is 25.7 Å². The summed E-state index contributed by atoms with van der Waals surface area (Å²) >= 11 is 11.9. The molecular weight excluding hydrogens is 389 g/mol. The summed E-state index contributed by atoms with van der Waals surface area (Å²) in [6.07, 6.45) is 0.843. The molecule has 0 heterocycles. The predicted octanol–water partition coefficient (Wildman–Crippen LogP) is 5.59. The van der Waals surface area contributed by atoms with Crippen LogP contribution < -0.4 is 19.5 Å². The van der Waals surface area contributed by atoms with Gasteiger partial charge in [-0.15, -0.1) is 0 Å². The molecule has 2 rings (SSSR count).